The Bertz CT molecular complexity index is 196. The minimum absolute atomic E-state index is 0.0108. The monoisotopic (exact) mass is 292 g/mol. The predicted octanol–water partition coefficient (Wildman–Crippen LogP) is 2.72. The largest absolute Gasteiger partial charge is 0.374 e. The van der Waals surface area contributed by atoms with Crippen molar-refractivity contribution in [3.05, 3.63) is 0 Å². The van der Waals surface area contributed by atoms with Crippen LogP contribution in [0.15, 0.2) is 0 Å². The van der Waals surface area contributed by atoms with Gasteiger partial charge >= 0.3 is 0 Å². The minimum atomic E-state index is 0.0108. The van der Waals surface area contributed by atoms with Crippen LogP contribution in [-0.4, -0.2) is 37.0 Å². The van der Waals surface area contributed by atoms with Gasteiger partial charge in [0.2, 0.25) is 0 Å². The summed E-state index contributed by atoms with van der Waals surface area (Å²) in [7, 11) is 0. The van der Waals surface area contributed by atoms with E-state index in [1.807, 2.05) is 6.92 Å². The zero-order chi connectivity index (χ0) is 11.4. The molecule has 94 valence electrons. The van der Waals surface area contributed by atoms with Crippen molar-refractivity contribution in [1.29, 1.82) is 0 Å². The second kappa shape index (κ2) is 6.34. The average molecular weight is 293 g/mol. The molecule has 2 fully saturated rings. The van der Waals surface area contributed by atoms with Gasteiger partial charge in [0.05, 0.1) is 13.2 Å². The molecule has 3 nitrogen and oxygen atoms in total. The lowest BCUT2D eigenvalue weighted by atomic mass is 9.88. The molecule has 0 aromatic carbocycles. The highest BCUT2D eigenvalue weighted by Crippen LogP contribution is 2.33. The van der Waals surface area contributed by atoms with E-state index in [4.69, 9.17) is 14.2 Å². The third-order valence-corrected chi connectivity index (χ3v) is 4.30. The molecule has 4 heteroatoms. The third-order valence-electron chi connectivity index (χ3n) is 3.38. The summed E-state index contributed by atoms with van der Waals surface area (Å²) in [5.74, 6) is 0.580. The van der Waals surface area contributed by atoms with Gasteiger partial charge in [-0.1, -0.05) is 15.9 Å². The van der Waals surface area contributed by atoms with Crippen LogP contribution in [0.3, 0.4) is 0 Å². The molecule has 0 amide bonds. The van der Waals surface area contributed by atoms with E-state index in [9.17, 15) is 0 Å². The molecule has 1 saturated heterocycles. The fraction of sp³-hybridized carbons (Fsp3) is 1.00. The first-order valence-electron chi connectivity index (χ1n) is 6.28. The standard InChI is InChI=1S/C12H21BrO3/c1-2-14-11-7-15-12(16-8-11)9-3-5-10(13)6-4-9/h9-12H,2-8H2,1H3/t9-,10-,11-,12-. The molecule has 0 radical (unpaired) electrons. The Hall–Kier alpha value is 0.360. The van der Waals surface area contributed by atoms with Crippen LogP contribution in [0.4, 0.5) is 0 Å². The van der Waals surface area contributed by atoms with Gasteiger partial charge in [-0.15, -0.1) is 0 Å². The summed E-state index contributed by atoms with van der Waals surface area (Å²) < 4.78 is 17.0. The first-order chi connectivity index (χ1) is 7.79. The maximum absolute atomic E-state index is 5.76. The predicted molar refractivity (Wildman–Crippen MR) is 65.8 cm³/mol. The van der Waals surface area contributed by atoms with Crippen LogP contribution >= 0.6 is 15.9 Å². The summed E-state index contributed by atoms with van der Waals surface area (Å²) in [4.78, 5) is 0.698. The molecular formula is C12H21BrO3. The van der Waals surface area contributed by atoms with E-state index >= 15 is 0 Å². The number of ether oxygens (including phenoxy) is 3. The molecule has 0 aromatic heterocycles. The number of alkyl halides is 1. The van der Waals surface area contributed by atoms with Gasteiger partial charge in [-0.3, -0.25) is 0 Å². The van der Waals surface area contributed by atoms with Crippen molar-refractivity contribution in [1.82, 2.24) is 0 Å². The summed E-state index contributed by atoms with van der Waals surface area (Å²) in [5, 5.41) is 0. The van der Waals surface area contributed by atoms with Gasteiger partial charge in [0.25, 0.3) is 0 Å². The normalized spacial score (nSPS) is 40.9. The Morgan fingerprint density at radius 3 is 2.31 bits per heavy atom. The second-order valence-electron chi connectivity index (χ2n) is 4.62. The first kappa shape index (κ1) is 12.8. The number of halogens is 1. The zero-order valence-corrected chi connectivity index (χ0v) is 11.4. The summed E-state index contributed by atoms with van der Waals surface area (Å²) in [6.07, 6.45) is 5.04. The van der Waals surface area contributed by atoms with Crippen molar-refractivity contribution in [2.24, 2.45) is 5.92 Å². The summed E-state index contributed by atoms with van der Waals surface area (Å²) >= 11 is 3.67. The maximum atomic E-state index is 5.76. The van der Waals surface area contributed by atoms with Gasteiger partial charge < -0.3 is 14.2 Å². The van der Waals surface area contributed by atoms with Crippen molar-refractivity contribution >= 4 is 15.9 Å². The van der Waals surface area contributed by atoms with E-state index in [-0.39, 0.29) is 12.4 Å². The molecular weight excluding hydrogens is 272 g/mol. The maximum Gasteiger partial charge on any atom is 0.160 e. The molecule has 2 aliphatic rings. The molecule has 1 saturated carbocycles. The lowest BCUT2D eigenvalue weighted by molar-refractivity contribution is -0.248. The molecule has 0 aromatic rings. The van der Waals surface area contributed by atoms with Crippen molar-refractivity contribution in [3.63, 3.8) is 0 Å². The van der Waals surface area contributed by atoms with Crippen molar-refractivity contribution < 1.29 is 14.2 Å². The Balaban J connectivity index is 1.72. The quantitative estimate of drug-likeness (QED) is 0.749. The summed E-state index contributed by atoms with van der Waals surface area (Å²) in [5.41, 5.74) is 0. The van der Waals surface area contributed by atoms with Crippen molar-refractivity contribution in [3.8, 4) is 0 Å². The van der Waals surface area contributed by atoms with Crippen LogP contribution in [0.25, 0.3) is 0 Å². The average Bonchev–Trinajstić information content (AvgIpc) is 2.32. The van der Waals surface area contributed by atoms with E-state index in [0.29, 0.717) is 24.0 Å². The Kier molecular flexibility index (Phi) is 5.07. The molecule has 0 N–H and O–H groups in total. The lowest BCUT2D eigenvalue weighted by Gasteiger charge is -2.36. The molecule has 0 spiro atoms. The van der Waals surface area contributed by atoms with E-state index in [2.05, 4.69) is 15.9 Å². The summed E-state index contributed by atoms with van der Waals surface area (Å²) in [6.45, 7) is 4.11. The zero-order valence-electron chi connectivity index (χ0n) is 9.86. The van der Waals surface area contributed by atoms with E-state index in [1.54, 1.807) is 0 Å². The molecule has 1 heterocycles. The molecule has 2 rings (SSSR count). The Labute approximate surface area is 106 Å². The van der Waals surface area contributed by atoms with Crippen LogP contribution in [0.2, 0.25) is 0 Å². The van der Waals surface area contributed by atoms with E-state index < -0.39 is 0 Å². The second-order valence-corrected chi connectivity index (χ2v) is 5.92. The van der Waals surface area contributed by atoms with E-state index in [1.165, 1.54) is 25.7 Å². The molecule has 16 heavy (non-hydrogen) atoms. The molecule has 0 atom stereocenters. The molecule has 1 aliphatic carbocycles. The van der Waals surface area contributed by atoms with Crippen LogP contribution in [0.5, 0.6) is 0 Å². The number of hydrogen-bond donors (Lipinski definition) is 0. The van der Waals surface area contributed by atoms with Gasteiger partial charge in [0.1, 0.15) is 6.10 Å². The molecule has 1 aliphatic heterocycles. The van der Waals surface area contributed by atoms with Crippen molar-refractivity contribution in [2.75, 3.05) is 19.8 Å². The SMILES string of the molecule is CCO[C@H]1CO[C@H]([C@H]2CC[C@H](Br)CC2)OC1. The van der Waals surface area contributed by atoms with Gasteiger partial charge in [-0.25, -0.2) is 0 Å². The third kappa shape index (κ3) is 3.42. The Morgan fingerprint density at radius 2 is 1.75 bits per heavy atom. The van der Waals surface area contributed by atoms with Gasteiger partial charge in [-0.2, -0.15) is 0 Å². The molecule has 0 bridgehead atoms. The van der Waals surface area contributed by atoms with Crippen LogP contribution in [-0.2, 0) is 14.2 Å². The van der Waals surface area contributed by atoms with Gasteiger partial charge in [0, 0.05) is 17.4 Å². The lowest BCUT2D eigenvalue weighted by Crippen LogP contribution is -2.42. The summed E-state index contributed by atoms with van der Waals surface area (Å²) in [6, 6.07) is 0. The topological polar surface area (TPSA) is 27.7 Å². The van der Waals surface area contributed by atoms with Gasteiger partial charge in [-0.05, 0) is 32.6 Å². The highest BCUT2D eigenvalue weighted by molar-refractivity contribution is 9.09. The highest BCUT2D eigenvalue weighted by atomic mass is 79.9. The fourth-order valence-corrected chi connectivity index (χ4v) is 2.98. The Morgan fingerprint density at radius 1 is 1.12 bits per heavy atom. The van der Waals surface area contributed by atoms with Crippen LogP contribution in [0.1, 0.15) is 32.6 Å². The van der Waals surface area contributed by atoms with Crippen LogP contribution < -0.4 is 0 Å². The fourth-order valence-electron chi connectivity index (χ4n) is 2.46. The van der Waals surface area contributed by atoms with Crippen LogP contribution in [0, 0.1) is 5.92 Å². The number of hydrogen-bond acceptors (Lipinski definition) is 3. The smallest absolute Gasteiger partial charge is 0.160 e. The molecule has 0 unspecified atom stereocenters. The van der Waals surface area contributed by atoms with Gasteiger partial charge in [0.15, 0.2) is 6.29 Å². The van der Waals surface area contributed by atoms with E-state index in [0.717, 1.165) is 6.61 Å². The van der Waals surface area contributed by atoms with Crippen molar-refractivity contribution in [2.45, 2.75) is 49.8 Å². The highest BCUT2D eigenvalue weighted by Gasteiger charge is 2.31. The minimum Gasteiger partial charge on any atom is -0.374 e. The number of rotatable bonds is 3. The first-order valence-corrected chi connectivity index (χ1v) is 7.20.